The fourth-order valence-electron chi connectivity index (χ4n) is 12.2. The molecule has 0 spiro atoms. The van der Waals surface area contributed by atoms with E-state index >= 15 is 0 Å². The zero-order valence-corrected chi connectivity index (χ0v) is 57.5. The molecule has 0 aliphatic rings. The third-order valence-corrected chi connectivity index (χ3v) is 18.0. The number of carbonyl (C=O) groups is 2. The van der Waals surface area contributed by atoms with Crippen molar-refractivity contribution in [2.24, 2.45) is 0 Å². The quantitative estimate of drug-likeness (QED) is 0.0450. The molecule has 0 aromatic rings. The minimum absolute atomic E-state index is 0.0272. The van der Waals surface area contributed by atoms with Crippen molar-refractivity contribution in [1.82, 2.24) is 0 Å². The van der Waals surface area contributed by atoms with Crippen LogP contribution in [0.25, 0.3) is 0 Å². The summed E-state index contributed by atoms with van der Waals surface area (Å²) in [5, 5.41) is 0. The summed E-state index contributed by atoms with van der Waals surface area (Å²) in [6.07, 6.45) is 95.0. The van der Waals surface area contributed by atoms with Gasteiger partial charge in [0.1, 0.15) is 0 Å². The molecular formula is C78H156O4. The molecule has 0 aromatic heterocycles. The Hall–Kier alpha value is -1.06. The van der Waals surface area contributed by atoms with E-state index in [-0.39, 0.29) is 11.9 Å². The highest BCUT2D eigenvalue weighted by molar-refractivity contribution is 5.69. The van der Waals surface area contributed by atoms with E-state index in [1.807, 2.05) is 0 Å². The van der Waals surface area contributed by atoms with Crippen LogP contribution in [0.5, 0.6) is 0 Å². The van der Waals surface area contributed by atoms with Gasteiger partial charge < -0.3 is 9.47 Å². The predicted molar refractivity (Wildman–Crippen MR) is 368 cm³/mol. The number of hydrogen-bond donors (Lipinski definition) is 0. The van der Waals surface area contributed by atoms with E-state index in [1.165, 1.54) is 411 Å². The molecule has 0 atom stereocenters. The van der Waals surface area contributed by atoms with Crippen LogP contribution < -0.4 is 0 Å². The van der Waals surface area contributed by atoms with Gasteiger partial charge in [-0.05, 0) is 25.7 Å². The second-order valence-electron chi connectivity index (χ2n) is 26.6. The van der Waals surface area contributed by atoms with Crippen LogP contribution in [0.1, 0.15) is 477 Å². The Morgan fingerprint density at radius 3 is 0.402 bits per heavy atom. The molecule has 0 aliphatic carbocycles. The number of esters is 2. The van der Waals surface area contributed by atoms with Gasteiger partial charge in [-0.3, -0.25) is 9.59 Å². The molecule has 82 heavy (non-hydrogen) atoms. The molecular weight excluding hydrogens is 1000 g/mol. The summed E-state index contributed by atoms with van der Waals surface area (Å²) in [5.74, 6) is 0.0594. The number of hydrogen-bond acceptors (Lipinski definition) is 4. The van der Waals surface area contributed by atoms with Gasteiger partial charge >= 0.3 is 11.9 Å². The lowest BCUT2D eigenvalue weighted by atomic mass is 10.0. The molecule has 0 bridgehead atoms. The summed E-state index contributed by atoms with van der Waals surface area (Å²) in [7, 11) is 0. The third kappa shape index (κ3) is 81.0. The molecule has 0 amide bonds. The number of carbonyl (C=O) groups excluding carboxylic acids is 2. The van der Waals surface area contributed by atoms with E-state index in [9.17, 15) is 9.59 Å². The van der Waals surface area contributed by atoms with Crippen molar-refractivity contribution in [2.75, 3.05) is 13.2 Å². The summed E-state index contributed by atoms with van der Waals surface area (Å²) in [5.41, 5.74) is 0. The van der Waals surface area contributed by atoms with Crippen molar-refractivity contribution in [3.8, 4) is 0 Å². The Kier molecular flexibility index (Phi) is 80.9. The SMILES string of the molecule is CCCCCCCCCCCCCCCCCC(=O)OCCCCCCCCCCCCCCCC.CCCCCCCCCCCCCCCCCCCCCCOC(=O)CCCCCCCCCCCCCCCCCCCCC. The Balaban J connectivity index is 0. The molecule has 492 valence electrons. The smallest absolute Gasteiger partial charge is 0.305 e. The van der Waals surface area contributed by atoms with E-state index in [0.717, 1.165) is 25.7 Å². The molecule has 0 fully saturated rings. The van der Waals surface area contributed by atoms with Crippen LogP contribution in [-0.4, -0.2) is 25.2 Å². The minimum Gasteiger partial charge on any atom is -0.466 e. The summed E-state index contributed by atoms with van der Waals surface area (Å²) >= 11 is 0. The van der Waals surface area contributed by atoms with Crippen LogP contribution in [-0.2, 0) is 19.1 Å². The molecule has 0 heterocycles. The molecule has 4 heteroatoms. The van der Waals surface area contributed by atoms with Crippen molar-refractivity contribution < 1.29 is 19.1 Å². The maximum atomic E-state index is 12.0. The van der Waals surface area contributed by atoms with E-state index < -0.39 is 0 Å². The van der Waals surface area contributed by atoms with Gasteiger partial charge in [0.15, 0.2) is 0 Å². The lowest BCUT2D eigenvalue weighted by molar-refractivity contribution is -0.144. The maximum absolute atomic E-state index is 12.0. The fourth-order valence-corrected chi connectivity index (χ4v) is 12.2. The third-order valence-electron chi connectivity index (χ3n) is 18.0. The van der Waals surface area contributed by atoms with Gasteiger partial charge in [0.25, 0.3) is 0 Å². The van der Waals surface area contributed by atoms with Crippen molar-refractivity contribution in [3.63, 3.8) is 0 Å². The highest BCUT2D eigenvalue weighted by Gasteiger charge is 2.05. The minimum atomic E-state index is 0.0272. The second-order valence-corrected chi connectivity index (χ2v) is 26.6. The molecule has 0 saturated heterocycles. The van der Waals surface area contributed by atoms with Crippen LogP contribution in [0, 0.1) is 0 Å². The van der Waals surface area contributed by atoms with Crippen LogP contribution in [0.15, 0.2) is 0 Å². The Labute approximate surface area is 518 Å². The van der Waals surface area contributed by atoms with Crippen molar-refractivity contribution in [3.05, 3.63) is 0 Å². The van der Waals surface area contributed by atoms with Gasteiger partial charge in [-0.15, -0.1) is 0 Å². The van der Waals surface area contributed by atoms with Gasteiger partial charge in [-0.1, -0.05) is 439 Å². The number of unbranched alkanes of at least 4 members (excludes halogenated alkanes) is 64. The fraction of sp³-hybridized carbons (Fsp3) is 0.974. The first-order valence-electron chi connectivity index (χ1n) is 38.9. The zero-order chi connectivity index (χ0) is 59.5. The van der Waals surface area contributed by atoms with Crippen molar-refractivity contribution in [2.45, 2.75) is 477 Å². The molecule has 0 saturated carbocycles. The molecule has 0 rings (SSSR count). The Morgan fingerprint density at radius 1 is 0.159 bits per heavy atom. The Morgan fingerprint density at radius 2 is 0.268 bits per heavy atom. The number of ether oxygens (including phenoxy) is 2. The molecule has 0 aliphatic heterocycles. The second kappa shape index (κ2) is 79.9. The summed E-state index contributed by atoms with van der Waals surface area (Å²) in [6, 6.07) is 0. The van der Waals surface area contributed by atoms with E-state index in [2.05, 4.69) is 27.7 Å². The number of rotatable bonds is 72. The van der Waals surface area contributed by atoms with Crippen LogP contribution in [0.3, 0.4) is 0 Å². The highest BCUT2D eigenvalue weighted by atomic mass is 16.5. The molecule has 4 nitrogen and oxygen atoms in total. The van der Waals surface area contributed by atoms with E-state index in [1.54, 1.807) is 0 Å². The van der Waals surface area contributed by atoms with Crippen LogP contribution in [0.2, 0.25) is 0 Å². The van der Waals surface area contributed by atoms with Gasteiger partial charge in [0.05, 0.1) is 13.2 Å². The zero-order valence-electron chi connectivity index (χ0n) is 57.5. The highest BCUT2D eigenvalue weighted by Crippen LogP contribution is 2.19. The van der Waals surface area contributed by atoms with Crippen LogP contribution >= 0.6 is 0 Å². The maximum Gasteiger partial charge on any atom is 0.305 e. The largest absolute Gasteiger partial charge is 0.466 e. The summed E-state index contributed by atoms with van der Waals surface area (Å²) in [6.45, 7) is 10.4. The summed E-state index contributed by atoms with van der Waals surface area (Å²) < 4.78 is 10.9. The monoisotopic (exact) mass is 1160 g/mol. The topological polar surface area (TPSA) is 52.6 Å². The summed E-state index contributed by atoms with van der Waals surface area (Å²) in [4.78, 5) is 23.9. The average Bonchev–Trinajstić information content (AvgIpc) is 3.48. The molecule has 0 aromatic carbocycles. The van der Waals surface area contributed by atoms with Crippen LogP contribution in [0.4, 0.5) is 0 Å². The van der Waals surface area contributed by atoms with Gasteiger partial charge in [0, 0.05) is 12.8 Å². The lowest BCUT2D eigenvalue weighted by Gasteiger charge is -2.06. The molecule has 0 unspecified atom stereocenters. The van der Waals surface area contributed by atoms with Gasteiger partial charge in [-0.2, -0.15) is 0 Å². The van der Waals surface area contributed by atoms with E-state index in [0.29, 0.717) is 26.1 Å². The Bertz CT molecular complexity index is 1080. The first-order valence-corrected chi connectivity index (χ1v) is 38.9. The normalized spacial score (nSPS) is 11.4. The van der Waals surface area contributed by atoms with E-state index in [4.69, 9.17) is 9.47 Å². The van der Waals surface area contributed by atoms with Gasteiger partial charge in [-0.25, -0.2) is 0 Å². The first-order chi connectivity index (χ1) is 40.6. The predicted octanol–water partition coefficient (Wildman–Crippen LogP) is 28.4. The lowest BCUT2D eigenvalue weighted by Crippen LogP contribution is -2.05. The molecule has 0 N–H and O–H groups in total. The molecule has 0 radical (unpaired) electrons. The van der Waals surface area contributed by atoms with Gasteiger partial charge in [0.2, 0.25) is 0 Å². The standard InChI is InChI=1S/C44H88O2.C34H68O2/c1-3-5-7-9-11-13-15-17-19-21-23-25-27-29-31-33-35-37-39-41-43-46-44(45)42-40-38-36-34-32-30-28-26-24-22-20-18-16-14-12-10-8-6-4-2;1-3-5-7-9-11-13-15-17-19-20-22-24-26-28-30-32-34(35)36-33-31-29-27-25-23-21-18-16-14-12-10-8-6-4-2/h3-43H2,1-2H3;3-33H2,1-2H3. The van der Waals surface area contributed by atoms with Crippen molar-refractivity contribution >= 4 is 11.9 Å². The first kappa shape index (κ1) is 83.0. The average molecular weight is 1160 g/mol. The van der Waals surface area contributed by atoms with Crippen molar-refractivity contribution in [1.29, 1.82) is 0 Å².